The van der Waals surface area contributed by atoms with Crippen LogP contribution >= 0.6 is 0 Å². The molecule has 0 saturated carbocycles. The fourth-order valence-electron chi connectivity index (χ4n) is 3.55. The zero-order chi connectivity index (χ0) is 19.2. The summed E-state index contributed by atoms with van der Waals surface area (Å²) in [5, 5.41) is 0. The van der Waals surface area contributed by atoms with Crippen molar-refractivity contribution in [3.8, 4) is 0 Å². The Labute approximate surface area is 149 Å². The molecular weight excluding hydrogens is 340 g/mol. The highest BCUT2D eigenvalue weighted by Gasteiger charge is 2.26. The van der Waals surface area contributed by atoms with Gasteiger partial charge in [0.05, 0.1) is 18.8 Å². The summed E-state index contributed by atoms with van der Waals surface area (Å²) in [4.78, 5) is 43.0. The Morgan fingerprint density at radius 1 is 1.19 bits per heavy atom. The lowest BCUT2D eigenvalue weighted by molar-refractivity contribution is -0.118. The standard InChI is InChI=1S/C16H24N6O4/c1-9-5-21(6-10(2)26-9)8-12-18-14-13(22(12)7-11(17)23)15(24)20(4)16(25)19(14)3/h9-10H,5-8H2,1-4H3,(H2,17,23)/t9-,10+. The van der Waals surface area contributed by atoms with E-state index in [1.807, 2.05) is 13.8 Å². The van der Waals surface area contributed by atoms with Crippen molar-refractivity contribution in [1.29, 1.82) is 0 Å². The molecule has 0 aliphatic carbocycles. The molecule has 3 rings (SSSR count). The highest BCUT2D eigenvalue weighted by molar-refractivity contribution is 5.78. The Bertz CT molecular complexity index is 962. The van der Waals surface area contributed by atoms with Gasteiger partial charge in [-0.2, -0.15) is 0 Å². The van der Waals surface area contributed by atoms with Crippen LogP contribution in [-0.4, -0.2) is 54.8 Å². The van der Waals surface area contributed by atoms with Gasteiger partial charge in [0.15, 0.2) is 11.2 Å². The molecular formula is C16H24N6O4. The lowest BCUT2D eigenvalue weighted by atomic mass is 10.2. The first-order chi connectivity index (χ1) is 12.2. The fraction of sp³-hybridized carbons (Fsp3) is 0.625. The molecule has 142 valence electrons. The molecule has 10 heteroatoms. The number of fused-ring (bicyclic) bond motifs is 1. The van der Waals surface area contributed by atoms with E-state index >= 15 is 0 Å². The number of carbonyl (C=O) groups is 1. The van der Waals surface area contributed by atoms with E-state index in [2.05, 4.69) is 9.88 Å². The Balaban J connectivity index is 2.14. The summed E-state index contributed by atoms with van der Waals surface area (Å²) < 4.78 is 9.57. The van der Waals surface area contributed by atoms with Gasteiger partial charge in [0, 0.05) is 27.2 Å². The summed E-state index contributed by atoms with van der Waals surface area (Å²) in [7, 11) is 2.95. The van der Waals surface area contributed by atoms with Crippen molar-refractivity contribution in [3.05, 3.63) is 26.7 Å². The van der Waals surface area contributed by atoms with Gasteiger partial charge in [-0.05, 0) is 13.8 Å². The maximum atomic E-state index is 12.6. The predicted molar refractivity (Wildman–Crippen MR) is 94.7 cm³/mol. The van der Waals surface area contributed by atoms with E-state index in [0.717, 1.165) is 4.57 Å². The van der Waals surface area contributed by atoms with Crippen molar-refractivity contribution in [2.75, 3.05) is 13.1 Å². The van der Waals surface area contributed by atoms with Gasteiger partial charge < -0.3 is 15.0 Å². The molecule has 1 fully saturated rings. The number of primary amides is 1. The normalized spacial score (nSPS) is 21.4. The molecule has 3 heterocycles. The summed E-state index contributed by atoms with van der Waals surface area (Å²) in [6, 6.07) is 0. The van der Waals surface area contributed by atoms with E-state index in [-0.39, 0.29) is 29.9 Å². The number of carbonyl (C=O) groups excluding carboxylic acids is 1. The van der Waals surface area contributed by atoms with Crippen molar-refractivity contribution >= 4 is 17.1 Å². The average molecular weight is 364 g/mol. The first kappa shape index (κ1) is 18.3. The molecule has 0 radical (unpaired) electrons. The van der Waals surface area contributed by atoms with E-state index in [1.165, 1.54) is 16.2 Å². The number of morpholine rings is 1. The predicted octanol–water partition coefficient (Wildman–Crippen LogP) is -1.47. The fourth-order valence-corrected chi connectivity index (χ4v) is 3.55. The van der Waals surface area contributed by atoms with Gasteiger partial charge in [0.25, 0.3) is 5.56 Å². The number of nitrogens with zero attached hydrogens (tertiary/aromatic N) is 5. The van der Waals surface area contributed by atoms with Crippen LogP contribution in [0.2, 0.25) is 0 Å². The SMILES string of the molecule is C[C@@H]1CN(Cc2nc3c(c(=O)n(C)c(=O)n3C)n2CC(N)=O)C[C@H](C)O1. The Kier molecular flexibility index (Phi) is 4.72. The first-order valence-electron chi connectivity index (χ1n) is 8.50. The second kappa shape index (κ2) is 6.69. The van der Waals surface area contributed by atoms with Crippen LogP contribution in [0.15, 0.2) is 9.59 Å². The minimum absolute atomic E-state index is 0.0740. The van der Waals surface area contributed by atoms with Crippen molar-refractivity contribution in [1.82, 2.24) is 23.6 Å². The molecule has 0 bridgehead atoms. The highest BCUT2D eigenvalue weighted by atomic mass is 16.5. The number of imidazole rings is 1. The van der Waals surface area contributed by atoms with Crippen LogP contribution in [0, 0.1) is 0 Å². The average Bonchev–Trinajstić information content (AvgIpc) is 2.88. The quantitative estimate of drug-likeness (QED) is 0.708. The second-order valence-corrected chi connectivity index (χ2v) is 6.91. The molecule has 0 unspecified atom stereocenters. The third kappa shape index (κ3) is 3.17. The highest BCUT2D eigenvalue weighted by Crippen LogP contribution is 2.17. The number of ether oxygens (including phenoxy) is 1. The third-order valence-corrected chi connectivity index (χ3v) is 4.60. The summed E-state index contributed by atoms with van der Waals surface area (Å²) in [6.07, 6.45) is 0.148. The minimum Gasteiger partial charge on any atom is -0.373 e. The summed E-state index contributed by atoms with van der Waals surface area (Å²) in [5.74, 6) is -0.0523. The Morgan fingerprint density at radius 3 is 2.38 bits per heavy atom. The molecule has 2 aromatic rings. The van der Waals surface area contributed by atoms with E-state index < -0.39 is 17.2 Å². The zero-order valence-electron chi connectivity index (χ0n) is 15.4. The van der Waals surface area contributed by atoms with E-state index in [4.69, 9.17) is 10.5 Å². The van der Waals surface area contributed by atoms with Crippen LogP contribution in [0.25, 0.3) is 11.2 Å². The van der Waals surface area contributed by atoms with Gasteiger partial charge in [0.1, 0.15) is 12.4 Å². The molecule has 1 saturated heterocycles. The van der Waals surface area contributed by atoms with Gasteiger partial charge in [0.2, 0.25) is 5.91 Å². The number of aromatic nitrogens is 4. The number of amides is 1. The topological polar surface area (TPSA) is 117 Å². The molecule has 10 nitrogen and oxygen atoms in total. The van der Waals surface area contributed by atoms with Crippen LogP contribution in [0.4, 0.5) is 0 Å². The van der Waals surface area contributed by atoms with Gasteiger partial charge in [-0.25, -0.2) is 9.78 Å². The lowest BCUT2D eigenvalue weighted by Crippen LogP contribution is -2.45. The number of nitrogens with two attached hydrogens (primary N) is 1. The van der Waals surface area contributed by atoms with Gasteiger partial charge in [-0.3, -0.25) is 23.6 Å². The van der Waals surface area contributed by atoms with Crippen molar-refractivity contribution in [2.45, 2.75) is 39.1 Å². The summed E-state index contributed by atoms with van der Waals surface area (Å²) in [5.41, 5.74) is 4.88. The van der Waals surface area contributed by atoms with Crippen LogP contribution in [-0.2, 0) is 36.7 Å². The number of aryl methyl sites for hydroxylation is 1. The lowest BCUT2D eigenvalue weighted by Gasteiger charge is -2.35. The third-order valence-electron chi connectivity index (χ3n) is 4.60. The molecule has 2 aromatic heterocycles. The van der Waals surface area contributed by atoms with Crippen LogP contribution in [0.5, 0.6) is 0 Å². The maximum Gasteiger partial charge on any atom is 0.332 e. The van der Waals surface area contributed by atoms with Crippen LogP contribution in [0.3, 0.4) is 0 Å². The molecule has 1 amide bonds. The van der Waals surface area contributed by atoms with Crippen molar-refractivity contribution in [2.24, 2.45) is 19.8 Å². The zero-order valence-corrected chi connectivity index (χ0v) is 15.4. The second-order valence-electron chi connectivity index (χ2n) is 6.91. The first-order valence-corrected chi connectivity index (χ1v) is 8.50. The van der Waals surface area contributed by atoms with Crippen molar-refractivity contribution < 1.29 is 9.53 Å². The van der Waals surface area contributed by atoms with E-state index in [0.29, 0.717) is 25.5 Å². The molecule has 2 atom stereocenters. The van der Waals surface area contributed by atoms with E-state index in [9.17, 15) is 14.4 Å². The summed E-state index contributed by atoms with van der Waals surface area (Å²) >= 11 is 0. The monoisotopic (exact) mass is 364 g/mol. The molecule has 1 aliphatic heterocycles. The molecule has 1 aliphatic rings. The number of hydrogen-bond donors (Lipinski definition) is 1. The van der Waals surface area contributed by atoms with Gasteiger partial charge >= 0.3 is 5.69 Å². The van der Waals surface area contributed by atoms with Crippen molar-refractivity contribution in [3.63, 3.8) is 0 Å². The largest absolute Gasteiger partial charge is 0.373 e. The summed E-state index contributed by atoms with van der Waals surface area (Å²) in [6.45, 7) is 5.66. The van der Waals surface area contributed by atoms with Crippen LogP contribution < -0.4 is 17.0 Å². The Morgan fingerprint density at radius 2 is 1.81 bits per heavy atom. The molecule has 2 N–H and O–H groups in total. The molecule has 0 spiro atoms. The number of rotatable bonds is 4. The van der Waals surface area contributed by atoms with Crippen LogP contribution in [0.1, 0.15) is 19.7 Å². The van der Waals surface area contributed by atoms with Gasteiger partial charge in [-0.1, -0.05) is 0 Å². The van der Waals surface area contributed by atoms with E-state index in [1.54, 1.807) is 7.05 Å². The Hall–Kier alpha value is -2.46. The molecule has 0 aromatic carbocycles. The number of hydrogen-bond acceptors (Lipinski definition) is 6. The smallest absolute Gasteiger partial charge is 0.332 e. The minimum atomic E-state index is -0.579. The maximum absolute atomic E-state index is 12.6. The van der Waals surface area contributed by atoms with Gasteiger partial charge in [-0.15, -0.1) is 0 Å². The molecule has 26 heavy (non-hydrogen) atoms.